The molecule has 0 bridgehead atoms. The van der Waals surface area contributed by atoms with E-state index in [0.29, 0.717) is 5.56 Å². The quantitative estimate of drug-likeness (QED) is 0.696. The van der Waals surface area contributed by atoms with Crippen LogP contribution in [0.5, 0.6) is 5.75 Å². The minimum atomic E-state index is -1.93. The predicted octanol–water partition coefficient (Wildman–Crippen LogP) is 2.36. The smallest absolute Gasteiger partial charge is 0.416 e. The van der Waals surface area contributed by atoms with Crippen LogP contribution in [0.1, 0.15) is 26.3 Å². The zero-order chi connectivity index (χ0) is 14.6. The van der Waals surface area contributed by atoms with Crippen molar-refractivity contribution in [3.8, 4) is 5.75 Å². The first-order valence-corrected chi connectivity index (χ1v) is 6.14. The molecule has 104 valence electrons. The zero-order valence-electron chi connectivity index (χ0n) is 10.5. The van der Waals surface area contributed by atoms with Gasteiger partial charge in [0.1, 0.15) is 17.1 Å². The van der Waals surface area contributed by atoms with E-state index in [-0.39, 0.29) is 16.9 Å². The van der Waals surface area contributed by atoms with Gasteiger partial charge in [0.2, 0.25) is 0 Å². The summed E-state index contributed by atoms with van der Waals surface area (Å²) in [5.41, 5.74) is 0.509. The van der Waals surface area contributed by atoms with Gasteiger partial charge in [-0.2, -0.15) is 0 Å². The van der Waals surface area contributed by atoms with E-state index in [1.165, 1.54) is 6.07 Å². The molecule has 1 unspecified atom stereocenters. The molecular formula is C15H7FO5. The van der Waals surface area contributed by atoms with Gasteiger partial charge in [0.25, 0.3) is 0 Å². The van der Waals surface area contributed by atoms with E-state index in [1.807, 2.05) is 0 Å². The Morgan fingerprint density at radius 2 is 1.57 bits per heavy atom. The van der Waals surface area contributed by atoms with E-state index >= 15 is 0 Å². The number of halogens is 1. The molecule has 0 N–H and O–H groups in total. The number of esters is 2. The van der Waals surface area contributed by atoms with Crippen LogP contribution in [-0.4, -0.2) is 11.9 Å². The molecule has 1 spiro atoms. The molecular weight excluding hydrogens is 279 g/mol. The average Bonchev–Trinajstić information content (AvgIpc) is 2.73. The van der Waals surface area contributed by atoms with E-state index in [4.69, 9.17) is 14.2 Å². The van der Waals surface area contributed by atoms with Gasteiger partial charge in [-0.15, -0.1) is 0 Å². The molecule has 1 atom stereocenters. The van der Waals surface area contributed by atoms with Gasteiger partial charge in [-0.3, -0.25) is 0 Å². The van der Waals surface area contributed by atoms with E-state index in [0.717, 1.165) is 12.1 Å². The minimum Gasteiger partial charge on any atom is -0.416 e. The summed E-state index contributed by atoms with van der Waals surface area (Å²) in [6, 6.07) is 9.89. The van der Waals surface area contributed by atoms with Crippen molar-refractivity contribution in [3.63, 3.8) is 0 Å². The monoisotopic (exact) mass is 286 g/mol. The van der Waals surface area contributed by atoms with E-state index in [9.17, 15) is 14.0 Å². The Morgan fingerprint density at radius 1 is 0.857 bits per heavy atom. The first-order valence-electron chi connectivity index (χ1n) is 6.14. The summed E-state index contributed by atoms with van der Waals surface area (Å²) >= 11 is 0. The number of fused-ring (bicyclic) bond motifs is 3. The van der Waals surface area contributed by atoms with Crippen LogP contribution in [0.2, 0.25) is 0 Å². The first-order chi connectivity index (χ1) is 10.1. The molecule has 0 saturated heterocycles. The Hall–Kier alpha value is -2.89. The van der Waals surface area contributed by atoms with Gasteiger partial charge in [-0.25, -0.2) is 14.0 Å². The normalized spacial score (nSPS) is 22.1. The maximum Gasteiger partial charge on any atom is 0.453 e. The summed E-state index contributed by atoms with van der Waals surface area (Å²) < 4.78 is 29.0. The highest BCUT2D eigenvalue weighted by Gasteiger charge is 2.55. The molecule has 2 aromatic rings. The van der Waals surface area contributed by atoms with Crippen LogP contribution < -0.4 is 4.74 Å². The van der Waals surface area contributed by atoms with Crippen molar-refractivity contribution in [3.05, 3.63) is 65.0 Å². The number of hydrogen-bond acceptors (Lipinski definition) is 5. The lowest BCUT2D eigenvalue weighted by Gasteiger charge is -2.32. The minimum absolute atomic E-state index is 0.0546. The van der Waals surface area contributed by atoms with Gasteiger partial charge in [0.15, 0.2) is 0 Å². The molecule has 0 saturated carbocycles. The van der Waals surface area contributed by atoms with Crippen molar-refractivity contribution in [2.45, 2.75) is 5.97 Å². The topological polar surface area (TPSA) is 61.8 Å². The number of ether oxygens (including phenoxy) is 3. The Balaban J connectivity index is 1.88. The highest BCUT2D eigenvalue weighted by atomic mass is 19.1. The van der Waals surface area contributed by atoms with E-state index < -0.39 is 23.7 Å². The van der Waals surface area contributed by atoms with Crippen LogP contribution in [0.3, 0.4) is 0 Å². The Morgan fingerprint density at radius 3 is 2.38 bits per heavy atom. The molecule has 6 heteroatoms. The SMILES string of the molecule is O=C1OC2(OC(=O)c3ccccc32)Oc2ccc(F)cc21. The third-order valence-electron chi connectivity index (χ3n) is 3.34. The third-order valence-corrected chi connectivity index (χ3v) is 3.34. The number of carbonyl (C=O) groups excluding carboxylic acids is 2. The predicted molar refractivity (Wildman–Crippen MR) is 66.0 cm³/mol. The average molecular weight is 286 g/mol. The van der Waals surface area contributed by atoms with Gasteiger partial charge >= 0.3 is 17.9 Å². The van der Waals surface area contributed by atoms with Crippen molar-refractivity contribution in [2.75, 3.05) is 0 Å². The molecule has 0 amide bonds. The van der Waals surface area contributed by atoms with Crippen LogP contribution in [0.15, 0.2) is 42.5 Å². The van der Waals surface area contributed by atoms with Crippen molar-refractivity contribution < 1.29 is 28.2 Å². The van der Waals surface area contributed by atoms with Gasteiger partial charge < -0.3 is 14.2 Å². The lowest BCUT2D eigenvalue weighted by Crippen LogP contribution is -2.42. The third kappa shape index (κ3) is 1.56. The first kappa shape index (κ1) is 11.9. The van der Waals surface area contributed by atoms with Crippen molar-refractivity contribution in [1.82, 2.24) is 0 Å². The molecule has 21 heavy (non-hydrogen) atoms. The maximum atomic E-state index is 13.2. The molecule has 5 nitrogen and oxygen atoms in total. The largest absolute Gasteiger partial charge is 0.453 e. The number of benzene rings is 2. The second-order valence-electron chi connectivity index (χ2n) is 4.62. The molecule has 4 rings (SSSR count). The highest BCUT2D eigenvalue weighted by Crippen LogP contribution is 2.44. The van der Waals surface area contributed by atoms with Gasteiger partial charge in [0, 0.05) is 0 Å². The van der Waals surface area contributed by atoms with Gasteiger partial charge in [0.05, 0.1) is 11.1 Å². The second-order valence-corrected chi connectivity index (χ2v) is 4.62. The number of carbonyl (C=O) groups is 2. The van der Waals surface area contributed by atoms with Crippen LogP contribution in [-0.2, 0) is 15.4 Å². The zero-order valence-corrected chi connectivity index (χ0v) is 10.5. The summed E-state index contributed by atoms with van der Waals surface area (Å²) in [6.45, 7) is 0. The summed E-state index contributed by atoms with van der Waals surface area (Å²) in [4.78, 5) is 23.9. The molecule has 2 aliphatic rings. The van der Waals surface area contributed by atoms with Crippen molar-refractivity contribution in [2.24, 2.45) is 0 Å². The standard InChI is InChI=1S/C15H7FO5/c16-8-5-6-12-10(7-8)14(18)21-15(19-12)11-4-2-1-3-9(11)13(17)20-15/h1-7H. The lowest BCUT2D eigenvalue weighted by molar-refractivity contribution is -0.295. The number of rotatable bonds is 0. The van der Waals surface area contributed by atoms with Crippen molar-refractivity contribution >= 4 is 11.9 Å². The second kappa shape index (κ2) is 3.82. The molecule has 0 radical (unpaired) electrons. The molecule has 2 heterocycles. The fourth-order valence-electron chi connectivity index (χ4n) is 2.41. The lowest BCUT2D eigenvalue weighted by atomic mass is 10.1. The van der Waals surface area contributed by atoms with Gasteiger partial charge in [-0.1, -0.05) is 12.1 Å². The molecule has 2 aromatic carbocycles. The summed E-state index contributed by atoms with van der Waals surface area (Å²) in [7, 11) is 0. The molecule has 2 aliphatic heterocycles. The number of hydrogen-bond donors (Lipinski definition) is 0. The molecule has 0 aromatic heterocycles. The summed E-state index contributed by atoms with van der Waals surface area (Å²) in [5, 5.41) is 0. The summed E-state index contributed by atoms with van der Waals surface area (Å²) in [5.74, 6) is -3.90. The Kier molecular flexibility index (Phi) is 2.16. The van der Waals surface area contributed by atoms with E-state index in [2.05, 4.69) is 0 Å². The van der Waals surface area contributed by atoms with Crippen molar-refractivity contribution in [1.29, 1.82) is 0 Å². The maximum absolute atomic E-state index is 13.2. The highest BCUT2D eigenvalue weighted by molar-refractivity contribution is 5.97. The van der Waals surface area contributed by atoms with Crippen LogP contribution >= 0.6 is 0 Å². The Bertz CT molecular complexity index is 800. The summed E-state index contributed by atoms with van der Waals surface area (Å²) in [6.07, 6.45) is 0. The van der Waals surface area contributed by atoms with Crippen LogP contribution in [0.25, 0.3) is 0 Å². The van der Waals surface area contributed by atoms with Crippen LogP contribution in [0.4, 0.5) is 4.39 Å². The van der Waals surface area contributed by atoms with E-state index in [1.54, 1.807) is 24.3 Å². The van der Waals surface area contributed by atoms with Crippen LogP contribution in [0, 0.1) is 5.82 Å². The molecule has 0 fully saturated rings. The fourth-order valence-corrected chi connectivity index (χ4v) is 2.41. The molecule has 0 aliphatic carbocycles. The Labute approximate surface area is 117 Å². The fraction of sp³-hybridized carbons (Fsp3) is 0.0667. The van der Waals surface area contributed by atoms with Gasteiger partial charge in [-0.05, 0) is 30.3 Å².